The van der Waals surface area contributed by atoms with Gasteiger partial charge in [-0.2, -0.15) is 5.10 Å². The van der Waals surface area contributed by atoms with E-state index in [0.717, 1.165) is 11.3 Å². The van der Waals surface area contributed by atoms with E-state index in [1.165, 1.54) is 12.1 Å². The zero-order valence-electron chi connectivity index (χ0n) is 13.9. The summed E-state index contributed by atoms with van der Waals surface area (Å²) in [5.41, 5.74) is 2.53. The molecule has 0 unspecified atom stereocenters. The third-order valence-electron chi connectivity index (χ3n) is 3.73. The topological polar surface area (TPSA) is 59.3 Å². The summed E-state index contributed by atoms with van der Waals surface area (Å²) in [5, 5.41) is 7.09. The number of fused-ring (bicyclic) bond motifs is 1. The molecule has 0 spiro atoms. The molecule has 24 heavy (non-hydrogen) atoms. The van der Waals surface area contributed by atoms with E-state index in [1.54, 1.807) is 35.0 Å². The molecular formula is C18H19FN4O. The molecule has 6 heteroatoms. The van der Waals surface area contributed by atoms with Crippen molar-refractivity contribution < 1.29 is 9.18 Å². The van der Waals surface area contributed by atoms with Crippen molar-refractivity contribution in [1.82, 2.24) is 19.9 Å². The minimum atomic E-state index is -0.298. The maximum absolute atomic E-state index is 12.9. The van der Waals surface area contributed by atoms with Crippen molar-refractivity contribution in [1.29, 1.82) is 0 Å². The van der Waals surface area contributed by atoms with Gasteiger partial charge in [0, 0.05) is 18.0 Å². The average Bonchev–Trinajstić information content (AvgIpc) is 3.00. The number of hydrogen-bond donors (Lipinski definition) is 1. The Hall–Kier alpha value is -2.76. The number of aromatic nitrogens is 3. The monoisotopic (exact) mass is 326 g/mol. The highest BCUT2D eigenvalue weighted by molar-refractivity contribution is 5.92. The number of carbonyl (C=O) groups is 1. The molecule has 0 fully saturated rings. The number of nitrogens with zero attached hydrogens (tertiary/aromatic N) is 3. The maximum atomic E-state index is 12.9. The molecule has 1 amide bonds. The molecule has 0 saturated heterocycles. The Morgan fingerprint density at radius 1 is 1.21 bits per heavy atom. The number of benzene rings is 1. The fourth-order valence-electron chi connectivity index (χ4n) is 2.44. The van der Waals surface area contributed by atoms with Gasteiger partial charge in [-0.25, -0.2) is 13.9 Å². The van der Waals surface area contributed by atoms with Crippen LogP contribution in [0, 0.1) is 5.82 Å². The van der Waals surface area contributed by atoms with E-state index in [9.17, 15) is 9.18 Å². The average molecular weight is 326 g/mol. The van der Waals surface area contributed by atoms with E-state index >= 15 is 0 Å². The van der Waals surface area contributed by atoms with Crippen molar-refractivity contribution in [3.63, 3.8) is 0 Å². The molecule has 0 bridgehead atoms. The van der Waals surface area contributed by atoms with Crippen LogP contribution >= 0.6 is 0 Å². The fourth-order valence-corrected chi connectivity index (χ4v) is 2.44. The Bertz CT molecular complexity index is 878. The summed E-state index contributed by atoms with van der Waals surface area (Å²) < 4.78 is 14.7. The predicted octanol–water partition coefficient (Wildman–Crippen LogP) is 3.10. The summed E-state index contributed by atoms with van der Waals surface area (Å²) in [6.07, 6.45) is 1.66. The number of hydrogen-bond acceptors (Lipinski definition) is 3. The molecule has 124 valence electrons. The van der Waals surface area contributed by atoms with Crippen molar-refractivity contribution in [2.45, 2.75) is 32.7 Å². The van der Waals surface area contributed by atoms with E-state index < -0.39 is 0 Å². The molecule has 0 aliphatic rings. The third-order valence-corrected chi connectivity index (χ3v) is 3.73. The van der Waals surface area contributed by atoms with Gasteiger partial charge in [0.2, 0.25) is 0 Å². The van der Waals surface area contributed by atoms with E-state index in [-0.39, 0.29) is 17.1 Å². The van der Waals surface area contributed by atoms with Crippen LogP contribution < -0.4 is 5.32 Å². The Balaban J connectivity index is 1.85. The molecule has 1 N–H and O–H groups in total. The standard InChI is InChI=1S/C18H19FN4O/c1-18(2,3)15-10-14(22-16-8-9-21-23(15)16)17(24)20-11-12-4-6-13(19)7-5-12/h4-10H,11H2,1-3H3,(H,20,24). The molecule has 3 rings (SSSR count). The third kappa shape index (κ3) is 3.27. The zero-order chi connectivity index (χ0) is 17.3. The summed E-state index contributed by atoms with van der Waals surface area (Å²) in [5.74, 6) is -0.568. The largest absolute Gasteiger partial charge is 0.347 e. The number of amides is 1. The van der Waals surface area contributed by atoms with Crippen LogP contribution in [0.25, 0.3) is 5.65 Å². The number of rotatable bonds is 3. The lowest BCUT2D eigenvalue weighted by molar-refractivity contribution is 0.0946. The van der Waals surface area contributed by atoms with Crippen LogP contribution in [0.4, 0.5) is 4.39 Å². The molecule has 0 aliphatic carbocycles. The van der Waals surface area contributed by atoms with Crippen LogP contribution in [0.2, 0.25) is 0 Å². The van der Waals surface area contributed by atoms with Gasteiger partial charge in [0.05, 0.1) is 11.9 Å². The van der Waals surface area contributed by atoms with Gasteiger partial charge in [0.15, 0.2) is 5.65 Å². The quantitative estimate of drug-likeness (QED) is 0.804. The highest BCUT2D eigenvalue weighted by atomic mass is 19.1. The van der Waals surface area contributed by atoms with Crippen LogP contribution in [0.3, 0.4) is 0 Å². The van der Waals surface area contributed by atoms with Gasteiger partial charge < -0.3 is 5.32 Å². The number of carbonyl (C=O) groups excluding carboxylic acids is 1. The highest BCUT2D eigenvalue weighted by Crippen LogP contribution is 2.23. The van der Waals surface area contributed by atoms with Crippen LogP contribution in [0.15, 0.2) is 42.6 Å². The first-order valence-electron chi connectivity index (χ1n) is 7.72. The molecule has 0 aliphatic heterocycles. The van der Waals surface area contributed by atoms with Crippen molar-refractivity contribution >= 4 is 11.6 Å². The first kappa shape index (κ1) is 16.1. The van der Waals surface area contributed by atoms with Gasteiger partial charge in [0.1, 0.15) is 11.5 Å². The van der Waals surface area contributed by atoms with E-state index in [2.05, 4.69) is 36.2 Å². The van der Waals surface area contributed by atoms with Crippen LogP contribution in [-0.4, -0.2) is 20.5 Å². The molecule has 3 aromatic rings. The first-order valence-corrected chi connectivity index (χ1v) is 7.72. The van der Waals surface area contributed by atoms with Crippen LogP contribution in [-0.2, 0) is 12.0 Å². The normalized spacial score (nSPS) is 11.7. The van der Waals surface area contributed by atoms with Gasteiger partial charge in [-0.1, -0.05) is 32.9 Å². The molecule has 0 radical (unpaired) electrons. The lowest BCUT2D eigenvalue weighted by Crippen LogP contribution is -2.26. The minimum absolute atomic E-state index is 0.181. The highest BCUT2D eigenvalue weighted by Gasteiger charge is 2.21. The van der Waals surface area contributed by atoms with Crippen LogP contribution in [0.1, 0.15) is 42.5 Å². The molecular weight excluding hydrogens is 307 g/mol. The predicted molar refractivity (Wildman–Crippen MR) is 89.3 cm³/mol. The van der Waals surface area contributed by atoms with Crippen molar-refractivity contribution in [3.8, 4) is 0 Å². The zero-order valence-corrected chi connectivity index (χ0v) is 13.9. The first-order chi connectivity index (χ1) is 11.3. The maximum Gasteiger partial charge on any atom is 0.270 e. The summed E-state index contributed by atoms with van der Waals surface area (Å²) >= 11 is 0. The van der Waals surface area contributed by atoms with Gasteiger partial charge in [-0.3, -0.25) is 4.79 Å². The second-order valence-corrected chi connectivity index (χ2v) is 6.69. The minimum Gasteiger partial charge on any atom is -0.347 e. The van der Waals surface area contributed by atoms with Crippen LogP contribution in [0.5, 0.6) is 0 Å². The van der Waals surface area contributed by atoms with Gasteiger partial charge >= 0.3 is 0 Å². The Labute approximate surface area is 139 Å². The molecule has 2 heterocycles. The molecule has 5 nitrogen and oxygen atoms in total. The number of nitrogens with one attached hydrogen (secondary N) is 1. The van der Waals surface area contributed by atoms with Gasteiger partial charge in [0.25, 0.3) is 5.91 Å². The smallest absolute Gasteiger partial charge is 0.270 e. The summed E-state index contributed by atoms with van der Waals surface area (Å²) in [6, 6.07) is 9.56. The lowest BCUT2D eigenvalue weighted by Gasteiger charge is -2.20. The second-order valence-electron chi connectivity index (χ2n) is 6.69. The van der Waals surface area contributed by atoms with Gasteiger partial charge in [-0.15, -0.1) is 0 Å². The number of halogens is 1. The lowest BCUT2D eigenvalue weighted by atomic mass is 9.91. The van der Waals surface area contributed by atoms with Crippen molar-refractivity contribution in [3.05, 3.63) is 65.4 Å². The molecule has 2 aromatic heterocycles. The molecule has 0 saturated carbocycles. The summed E-state index contributed by atoms with van der Waals surface area (Å²) in [7, 11) is 0. The van der Waals surface area contributed by atoms with Crippen molar-refractivity contribution in [2.24, 2.45) is 0 Å². The molecule has 1 aromatic carbocycles. The van der Waals surface area contributed by atoms with Gasteiger partial charge in [-0.05, 0) is 23.8 Å². The summed E-state index contributed by atoms with van der Waals surface area (Å²) in [4.78, 5) is 16.8. The Morgan fingerprint density at radius 3 is 2.58 bits per heavy atom. The van der Waals surface area contributed by atoms with E-state index in [1.807, 2.05) is 0 Å². The second kappa shape index (κ2) is 6.03. The fraction of sp³-hybridized carbons (Fsp3) is 0.278. The Kier molecular flexibility index (Phi) is 4.05. The SMILES string of the molecule is CC(C)(C)c1cc(C(=O)NCc2ccc(F)cc2)nc2ccnn12. The molecule has 0 atom stereocenters. The van der Waals surface area contributed by atoms with Crippen molar-refractivity contribution in [2.75, 3.05) is 0 Å². The van der Waals surface area contributed by atoms with E-state index in [4.69, 9.17) is 0 Å². The summed E-state index contributed by atoms with van der Waals surface area (Å²) in [6.45, 7) is 6.49. The van der Waals surface area contributed by atoms with E-state index in [0.29, 0.717) is 17.9 Å². The Morgan fingerprint density at radius 2 is 1.92 bits per heavy atom.